The van der Waals surface area contributed by atoms with Crippen LogP contribution in [-0.2, 0) is 21.0 Å². The number of benzene rings is 2. The first-order valence-electron chi connectivity index (χ1n) is 9.10. The summed E-state index contributed by atoms with van der Waals surface area (Å²) in [5, 5.41) is 11.2. The lowest BCUT2D eigenvalue weighted by Crippen LogP contribution is -2.30. The zero-order valence-corrected chi connectivity index (χ0v) is 16.4. The number of imide groups is 1. The van der Waals surface area contributed by atoms with E-state index >= 15 is 0 Å². The molecule has 0 saturated heterocycles. The van der Waals surface area contributed by atoms with Crippen LogP contribution in [0.1, 0.15) is 49.1 Å². The lowest BCUT2D eigenvalue weighted by atomic mass is 9.97. The van der Waals surface area contributed by atoms with Crippen LogP contribution in [-0.4, -0.2) is 48.5 Å². The number of anilines is 1. The Kier molecular flexibility index (Phi) is 6.03. The third kappa shape index (κ3) is 3.58. The van der Waals surface area contributed by atoms with Crippen LogP contribution in [0.4, 0.5) is 5.69 Å². The standard InChI is InChI=1S/C21H19N3O6/c1-3-29-21(28)18(25)12-8-9-17(23-2)15(10-22)16(12)11-30-24-19(26)13-6-4-5-7-14(13)20(24)27/h4-10,22-23H,3,11H2,1-2H3. The number of hydrogen-bond acceptors (Lipinski definition) is 8. The number of nitrogens with zero attached hydrogens (tertiary/aromatic N) is 1. The minimum atomic E-state index is -1.05. The molecule has 0 aromatic heterocycles. The highest BCUT2D eigenvalue weighted by Crippen LogP contribution is 2.27. The number of fused-ring (bicyclic) bond motifs is 1. The van der Waals surface area contributed by atoms with Crippen LogP contribution in [0.2, 0.25) is 0 Å². The van der Waals surface area contributed by atoms with Gasteiger partial charge in [0.2, 0.25) is 0 Å². The molecule has 1 aliphatic heterocycles. The van der Waals surface area contributed by atoms with Crippen molar-refractivity contribution in [3.63, 3.8) is 0 Å². The van der Waals surface area contributed by atoms with Crippen molar-refractivity contribution in [1.29, 1.82) is 5.41 Å². The molecule has 154 valence electrons. The maximum absolute atomic E-state index is 12.6. The summed E-state index contributed by atoms with van der Waals surface area (Å²) >= 11 is 0. The molecule has 9 heteroatoms. The van der Waals surface area contributed by atoms with Crippen LogP contribution in [0, 0.1) is 5.41 Å². The quantitative estimate of drug-likeness (QED) is 0.225. The Morgan fingerprint density at radius 2 is 1.73 bits per heavy atom. The number of Topliss-reactive ketones (excluding diaryl/α,β-unsaturated/α-hetero) is 1. The Labute approximate surface area is 172 Å². The highest BCUT2D eigenvalue weighted by atomic mass is 16.7. The Balaban J connectivity index is 1.96. The number of carbonyl (C=O) groups excluding carboxylic acids is 4. The number of ketones is 1. The number of esters is 1. The largest absolute Gasteiger partial charge is 0.460 e. The molecule has 2 N–H and O–H groups in total. The van der Waals surface area contributed by atoms with Crippen molar-refractivity contribution in [3.8, 4) is 0 Å². The second-order valence-electron chi connectivity index (χ2n) is 6.22. The SMILES string of the molecule is CCOC(=O)C(=O)c1ccc(NC)c(C=N)c1CON1C(=O)c2ccccc2C1=O. The molecule has 9 nitrogen and oxygen atoms in total. The first-order chi connectivity index (χ1) is 14.4. The summed E-state index contributed by atoms with van der Waals surface area (Å²) in [5.74, 6) is -3.22. The fourth-order valence-corrected chi connectivity index (χ4v) is 3.14. The number of nitrogens with one attached hydrogen (secondary N) is 2. The summed E-state index contributed by atoms with van der Waals surface area (Å²) in [7, 11) is 1.63. The number of hydrogen-bond donors (Lipinski definition) is 2. The maximum Gasteiger partial charge on any atom is 0.379 e. The van der Waals surface area contributed by atoms with Crippen LogP contribution in [0.5, 0.6) is 0 Å². The van der Waals surface area contributed by atoms with Crippen LogP contribution < -0.4 is 5.32 Å². The van der Waals surface area contributed by atoms with Gasteiger partial charge in [-0.25, -0.2) is 4.79 Å². The summed E-state index contributed by atoms with van der Waals surface area (Å²) in [6.45, 7) is 1.20. The third-order valence-corrected chi connectivity index (χ3v) is 4.57. The molecule has 30 heavy (non-hydrogen) atoms. The van der Waals surface area contributed by atoms with Gasteiger partial charge in [0.05, 0.1) is 17.7 Å². The van der Waals surface area contributed by atoms with Crippen molar-refractivity contribution < 1.29 is 28.8 Å². The summed E-state index contributed by atoms with van der Waals surface area (Å²) in [4.78, 5) is 55.0. The summed E-state index contributed by atoms with van der Waals surface area (Å²) in [6.07, 6.45) is 0.995. The number of amides is 2. The minimum absolute atomic E-state index is 0.0253. The van der Waals surface area contributed by atoms with E-state index in [0.717, 1.165) is 6.21 Å². The van der Waals surface area contributed by atoms with Gasteiger partial charge >= 0.3 is 5.97 Å². The highest BCUT2D eigenvalue weighted by Gasteiger charge is 2.37. The fourth-order valence-electron chi connectivity index (χ4n) is 3.14. The molecule has 1 heterocycles. The molecular formula is C21H19N3O6. The van der Waals surface area contributed by atoms with Gasteiger partial charge in [0.1, 0.15) is 6.61 Å². The average molecular weight is 409 g/mol. The predicted octanol–water partition coefficient (Wildman–Crippen LogP) is 2.20. The molecule has 2 amide bonds. The van der Waals surface area contributed by atoms with Crippen molar-refractivity contribution in [3.05, 3.63) is 64.2 Å². The monoisotopic (exact) mass is 409 g/mol. The van der Waals surface area contributed by atoms with Crippen molar-refractivity contribution in [2.75, 3.05) is 19.0 Å². The third-order valence-electron chi connectivity index (χ3n) is 4.57. The van der Waals surface area contributed by atoms with Gasteiger partial charge in [0.25, 0.3) is 17.6 Å². The molecular weight excluding hydrogens is 390 g/mol. The molecule has 2 aromatic carbocycles. The summed E-state index contributed by atoms with van der Waals surface area (Å²) in [5.41, 5.74) is 1.34. The van der Waals surface area contributed by atoms with E-state index in [1.807, 2.05) is 0 Å². The summed E-state index contributed by atoms with van der Waals surface area (Å²) < 4.78 is 4.78. The van der Waals surface area contributed by atoms with Gasteiger partial charge in [-0.2, -0.15) is 0 Å². The smallest absolute Gasteiger partial charge is 0.379 e. The Hall–Kier alpha value is -3.85. The molecule has 0 unspecified atom stereocenters. The lowest BCUT2D eigenvalue weighted by molar-refractivity contribution is -0.137. The maximum atomic E-state index is 12.6. The van der Waals surface area contributed by atoms with Crippen molar-refractivity contribution in [1.82, 2.24) is 5.06 Å². The molecule has 0 bridgehead atoms. The molecule has 0 saturated carbocycles. The van der Waals surface area contributed by atoms with E-state index in [4.69, 9.17) is 15.0 Å². The number of ether oxygens (including phenoxy) is 1. The normalized spacial score (nSPS) is 12.5. The van der Waals surface area contributed by atoms with Gasteiger partial charge in [-0.05, 0) is 31.2 Å². The van der Waals surface area contributed by atoms with Crippen LogP contribution in [0.15, 0.2) is 36.4 Å². The second-order valence-corrected chi connectivity index (χ2v) is 6.22. The van der Waals surface area contributed by atoms with Crippen molar-refractivity contribution >= 4 is 35.5 Å². The Morgan fingerprint density at radius 3 is 2.27 bits per heavy atom. The van der Waals surface area contributed by atoms with Crippen LogP contribution in [0.25, 0.3) is 0 Å². The molecule has 0 atom stereocenters. The van der Waals surface area contributed by atoms with Gasteiger partial charge < -0.3 is 15.5 Å². The topological polar surface area (TPSA) is 126 Å². The van der Waals surface area contributed by atoms with Crippen LogP contribution >= 0.6 is 0 Å². The predicted molar refractivity (Wildman–Crippen MR) is 107 cm³/mol. The van der Waals surface area contributed by atoms with Gasteiger partial charge in [0.15, 0.2) is 0 Å². The Bertz CT molecular complexity index is 1030. The summed E-state index contributed by atoms with van der Waals surface area (Å²) in [6, 6.07) is 9.23. The zero-order chi connectivity index (χ0) is 21.8. The number of rotatable bonds is 8. The molecule has 2 aromatic rings. The fraction of sp³-hybridized carbons (Fsp3) is 0.190. The molecule has 0 fully saturated rings. The van der Waals surface area contributed by atoms with Crippen molar-refractivity contribution in [2.24, 2.45) is 0 Å². The van der Waals surface area contributed by atoms with E-state index in [1.165, 1.54) is 18.2 Å². The van der Waals surface area contributed by atoms with Crippen molar-refractivity contribution in [2.45, 2.75) is 13.5 Å². The zero-order valence-electron chi connectivity index (χ0n) is 16.4. The number of hydroxylamine groups is 2. The van der Waals surface area contributed by atoms with E-state index in [9.17, 15) is 19.2 Å². The molecule has 3 rings (SSSR count). The molecule has 0 spiro atoms. The van der Waals surface area contributed by atoms with Crippen LogP contribution in [0.3, 0.4) is 0 Å². The molecule has 1 aliphatic rings. The Morgan fingerprint density at radius 1 is 1.10 bits per heavy atom. The van der Waals surface area contributed by atoms with Gasteiger partial charge in [0, 0.05) is 35.6 Å². The van der Waals surface area contributed by atoms with E-state index < -0.39 is 30.2 Å². The lowest BCUT2D eigenvalue weighted by Gasteiger charge is -2.18. The second kappa shape index (κ2) is 8.66. The minimum Gasteiger partial charge on any atom is -0.460 e. The molecule has 0 aliphatic carbocycles. The van der Waals surface area contributed by atoms with Gasteiger partial charge in [-0.3, -0.25) is 19.2 Å². The van der Waals surface area contributed by atoms with E-state index in [0.29, 0.717) is 10.8 Å². The first kappa shape index (κ1) is 20.9. The average Bonchev–Trinajstić information content (AvgIpc) is 3.01. The molecule has 0 radical (unpaired) electrons. The van der Waals surface area contributed by atoms with E-state index in [-0.39, 0.29) is 34.4 Å². The highest BCUT2D eigenvalue weighted by molar-refractivity contribution is 6.41. The van der Waals surface area contributed by atoms with Gasteiger partial charge in [-0.1, -0.05) is 12.1 Å². The van der Waals surface area contributed by atoms with E-state index in [1.54, 1.807) is 32.2 Å². The van der Waals surface area contributed by atoms with Gasteiger partial charge in [-0.15, -0.1) is 5.06 Å². The van der Waals surface area contributed by atoms with E-state index in [2.05, 4.69) is 5.32 Å². The first-order valence-corrected chi connectivity index (χ1v) is 9.10. The number of carbonyl (C=O) groups is 4.